The Morgan fingerprint density at radius 2 is 1.73 bits per heavy atom. The average Bonchev–Trinajstić information content (AvgIpc) is 3.42. The van der Waals surface area contributed by atoms with Crippen molar-refractivity contribution in [1.29, 1.82) is 0 Å². The number of fused-ring (bicyclic) bond motifs is 3. The molecule has 168 valence electrons. The van der Waals surface area contributed by atoms with Gasteiger partial charge in [-0.25, -0.2) is 0 Å². The molecule has 7 saturated carbocycles. The molecule has 7 rings (SSSR count). The third-order valence-corrected chi connectivity index (χ3v) is 17.3. The second-order valence-electron chi connectivity index (χ2n) is 14.6. The van der Waals surface area contributed by atoms with Gasteiger partial charge in [0.15, 0.2) is 8.32 Å². The Labute approximate surface area is 183 Å². The van der Waals surface area contributed by atoms with E-state index in [9.17, 15) is 9.90 Å². The molecular weight excluding hydrogens is 388 g/mol. The number of carbonyl (C=O) groups is 1. The van der Waals surface area contributed by atoms with Gasteiger partial charge in [0, 0.05) is 16.7 Å². The van der Waals surface area contributed by atoms with Crippen LogP contribution in [-0.4, -0.2) is 30.9 Å². The Kier molecular flexibility index (Phi) is 3.40. The topological polar surface area (TPSA) is 46.5 Å². The molecule has 0 aromatic rings. The Bertz CT molecular complexity index is 861. The lowest BCUT2D eigenvalue weighted by Crippen LogP contribution is -2.64. The van der Waals surface area contributed by atoms with Crippen molar-refractivity contribution in [3.8, 4) is 0 Å². The van der Waals surface area contributed by atoms with Crippen LogP contribution in [0, 0.1) is 45.3 Å². The van der Waals surface area contributed by atoms with Gasteiger partial charge >= 0.3 is 0 Å². The number of aliphatic hydroxyl groups excluding tert-OH is 1. The molecule has 0 radical (unpaired) electrons. The van der Waals surface area contributed by atoms with E-state index >= 15 is 0 Å². The second kappa shape index (κ2) is 4.99. The molecule has 7 aliphatic carbocycles. The van der Waals surface area contributed by atoms with Gasteiger partial charge in [-0.2, -0.15) is 0 Å². The summed E-state index contributed by atoms with van der Waals surface area (Å²) in [5, 5.41) is 11.7. The van der Waals surface area contributed by atoms with Crippen LogP contribution in [0.1, 0.15) is 80.1 Å². The molecule has 7 aliphatic rings. The number of hydrogen-bond acceptors (Lipinski definition) is 3. The van der Waals surface area contributed by atoms with Crippen molar-refractivity contribution < 1.29 is 14.3 Å². The maximum absolute atomic E-state index is 13.6. The molecule has 30 heavy (non-hydrogen) atoms. The van der Waals surface area contributed by atoms with E-state index in [1.165, 1.54) is 19.3 Å². The fourth-order valence-corrected chi connectivity index (χ4v) is 11.7. The minimum absolute atomic E-state index is 0.0677. The number of Topliss-reactive ketones (excluding diaryl/α,β-unsaturated/α-hetero) is 1. The fraction of sp³-hybridized carbons (Fsp3) is 0.962. The van der Waals surface area contributed by atoms with Crippen LogP contribution in [0.2, 0.25) is 18.1 Å². The molecule has 3 nitrogen and oxygen atoms in total. The van der Waals surface area contributed by atoms with Gasteiger partial charge in [-0.15, -0.1) is 0 Å². The molecule has 1 unspecified atom stereocenters. The zero-order valence-corrected chi connectivity index (χ0v) is 21.4. The van der Waals surface area contributed by atoms with Crippen molar-refractivity contribution >= 4 is 14.1 Å². The maximum Gasteiger partial charge on any atom is 0.192 e. The summed E-state index contributed by atoms with van der Waals surface area (Å²) in [4.78, 5) is 13.6. The number of ketones is 1. The van der Waals surface area contributed by atoms with E-state index in [2.05, 4.69) is 54.6 Å². The molecule has 7 fully saturated rings. The Morgan fingerprint density at radius 1 is 1.07 bits per heavy atom. The highest BCUT2D eigenvalue weighted by Crippen LogP contribution is 2.86. The summed E-state index contributed by atoms with van der Waals surface area (Å²) >= 11 is 0. The summed E-state index contributed by atoms with van der Waals surface area (Å²) in [6, 6.07) is 0. The molecule has 10 atom stereocenters. The fourth-order valence-electron chi connectivity index (χ4n) is 9.98. The van der Waals surface area contributed by atoms with Gasteiger partial charge in [-0.1, -0.05) is 41.5 Å². The monoisotopic (exact) mass is 430 g/mol. The van der Waals surface area contributed by atoms with Crippen LogP contribution < -0.4 is 0 Å². The standard InChI is InChI=1S/C26H42O3Si/c1-21(2,3)30(7,8)29-25-12-11-22(4)16(23(25,5)14-25)9-10-26-17(22)13-15-18(19(26)27)24(15,6)20(26)28/h15-18,20,28H,9-14H2,1-8H3/t15-,16-,17-,18?,20+,22+,23+,24+,25-,26-/m1/s1. The Morgan fingerprint density at radius 3 is 2.30 bits per heavy atom. The third kappa shape index (κ3) is 1.82. The summed E-state index contributed by atoms with van der Waals surface area (Å²) in [5.74, 6) is 2.08. The highest BCUT2D eigenvalue weighted by molar-refractivity contribution is 6.74. The lowest BCUT2D eigenvalue weighted by Gasteiger charge is -2.64. The van der Waals surface area contributed by atoms with Crippen LogP contribution in [0.15, 0.2) is 0 Å². The highest BCUT2D eigenvalue weighted by atomic mass is 28.4. The third-order valence-electron chi connectivity index (χ3n) is 12.8. The van der Waals surface area contributed by atoms with Gasteiger partial charge in [0.25, 0.3) is 0 Å². The van der Waals surface area contributed by atoms with Gasteiger partial charge in [-0.05, 0) is 79.8 Å². The van der Waals surface area contributed by atoms with Crippen molar-refractivity contribution in [1.82, 2.24) is 0 Å². The van der Waals surface area contributed by atoms with E-state index in [1.54, 1.807) is 0 Å². The predicted molar refractivity (Wildman–Crippen MR) is 120 cm³/mol. The summed E-state index contributed by atoms with van der Waals surface area (Å²) in [7, 11) is -1.82. The molecule has 0 aromatic carbocycles. The largest absolute Gasteiger partial charge is 0.411 e. The summed E-state index contributed by atoms with van der Waals surface area (Å²) in [5.41, 5.74) is -0.0266. The predicted octanol–water partition coefficient (Wildman–Crippen LogP) is 5.57. The molecule has 1 N–H and O–H groups in total. The van der Waals surface area contributed by atoms with Crippen LogP contribution >= 0.6 is 0 Å². The van der Waals surface area contributed by atoms with E-state index in [0.717, 1.165) is 19.3 Å². The van der Waals surface area contributed by atoms with Gasteiger partial charge in [-0.3, -0.25) is 4.79 Å². The molecule has 0 amide bonds. The molecule has 4 bridgehead atoms. The first-order valence-electron chi connectivity index (χ1n) is 12.5. The van der Waals surface area contributed by atoms with E-state index in [4.69, 9.17) is 4.43 Å². The molecular formula is C26H42O3Si. The quantitative estimate of drug-likeness (QED) is 0.583. The second-order valence-corrected chi connectivity index (χ2v) is 19.3. The summed E-state index contributed by atoms with van der Waals surface area (Å²) in [6.45, 7) is 19.1. The first-order valence-corrected chi connectivity index (χ1v) is 15.5. The number of aliphatic hydroxyl groups is 1. The maximum atomic E-state index is 13.6. The molecule has 0 heterocycles. The van der Waals surface area contributed by atoms with E-state index < -0.39 is 19.8 Å². The Balaban J connectivity index is 1.34. The van der Waals surface area contributed by atoms with Crippen LogP contribution in [0.5, 0.6) is 0 Å². The molecule has 1 spiro atoms. The first kappa shape index (κ1) is 20.4. The van der Waals surface area contributed by atoms with Crippen LogP contribution in [-0.2, 0) is 9.22 Å². The number of hydrogen-bond donors (Lipinski definition) is 1. The van der Waals surface area contributed by atoms with Crippen molar-refractivity contribution in [2.75, 3.05) is 0 Å². The molecule has 4 heteroatoms. The Hall–Kier alpha value is -0.193. The van der Waals surface area contributed by atoms with E-state index in [1.807, 2.05) is 0 Å². The minimum Gasteiger partial charge on any atom is -0.411 e. The van der Waals surface area contributed by atoms with Crippen LogP contribution in [0.3, 0.4) is 0 Å². The lowest BCUT2D eigenvalue weighted by molar-refractivity contribution is -0.198. The van der Waals surface area contributed by atoms with Gasteiger partial charge in [0.05, 0.1) is 17.1 Å². The molecule has 0 aromatic heterocycles. The summed E-state index contributed by atoms with van der Waals surface area (Å²) in [6.07, 6.45) is 6.32. The zero-order chi connectivity index (χ0) is 21.9. The van der Waals surface area contributed by atoms with Gasteiger partial charge < -0.3 is 9.53 Å². The zero-order valence-electron chi connectivity index (χ0n) is 20.4. The van der Waals surface area contributed by atoms with Crippen LogP contribution in [0.25, 0.3) is 0 Å². The normalized spacial score (nSPS) is 60.6. The SMILES string of the molecule is CC(C)(C)[Si](C)(C)O[C@@]12CC[C@]3(C)[C@H]4C[C@@H]5C6C(=O)[C@]4(CC[C@H]3[C@]1(C)C2)[C@@H](O)[C@]65C. The van der Waals surface area contributed by atoms with E-state index in [-0.39, 0.29) is 32.8 Å². The molecule has 0 aliphatic heterocycles. The minimum atomic E-state index is -1.82. The number of carbonyl (C=O) groups excluding carboxylic acids is 1. The summed E-state index contributed by atoms with van der Waals surface area (Å²) < 4.78 is 7.18. The first-order chi connectivity index (χ1) is 13.6. The smallest absolute Gasteiger partial charge is 0.192 e. The number of rotatable bonds is 2. The van der Waals surface area contributed by atoms with Gasteiger partial charge in [0.1, 0.15) is 5.78 Å². The van der Waals surface area contributed by atoms with Crippen molar-refractivity contribution in [3.63, 3.8) is 0 Å². The highest BCUT2D eigenvalue weighted by Gasteiger charge is 2.88. The lowest BCUT2D eigenvalue weighted by atomic mass is 9.40. The van der Waals surface area contributed by atoms with Crippen molar-refractivity contribution in [2.24, 2.45) is 45.3 Å². The van der Waals surface area contributed by atoms with Crippen molar-refractivity contribution in [3.05, 3.63) is 0 Å². The van der Waals surface area contributed by atoms with Crippen molar-refractivity contribution in [2.45, 2.75) is 110 Å². The average molecular weight is 431 g/mol. The van der Waals surface area contributed by atoms with Gasteiger partial charge in [0.2, 0.25) is 0 Å². The van der Waals surface area contributed by atoms with E-state index in [0.29, 0.717) is 23.5 Å². The molecule has 0 saturated heterocycles. The van der Waals surface area contributed by atoms with Crippen LogP contribution in [0.4, 0.5) is 0 Å².